The number of nitrogens with zero attached hydrogens (tertiary/aromatic N) is 1. The molecule has 14 heavy (non-hydrogen) atoms. The van der Waals surface area contributed by atoms with E-state index in [0.717, 1.165) is 14.7 Å². The monoisotopic (exact) mass is 271 g/mol. The van der Waals surface area contributed by atoms with E-state index in [1.807, 2.05) is 13.0 Å². The first kappa shape index (κ1) is 9.61. The van der Waals surface area contributed by atoms with Gasteiger partial charge in [0.05, 0.1) is 15.7 Å². The maximum atomic E-state index is 10.7. The van der Waals surface area contributed by atoms with Gasteiger partial charge in [-0.3, -0.25) is 10.1 Å². The van der Waals surface area contributed by atoms with Gasteiger partial charge in [-0.25, -0.2) is 0 Å². The quantitative estimate of drug-likeness (QED) is 0.584. The molecule has 0 bridgehead atoms. The minimum Gasteiger partial charge on any atom is -0.258 e. The normalized spacial score (nSPS) is 10.7. The van der Waals surface area contributed by atoms with Crippen LogP contribution in [0.4, 0.5) is 5.69 Å². The van der Waals surface area contributed by atoms with Crippen LogP contribution in [0.15, 0.2) is 22.0 Å². The molecule has 0 aliphatic carbocycles. The minimum atomic E-state index is -0.347. The molecule has 3 nitrogen and oxygen atoms in total. The smallest absolute Gasteiger partial charge is 0.258 e. The second kappa shape index (κ2) is 3.33. The van der Waals surface area contributed by atoms with Crippen molar-refractivity contribution in [1.82, 2.24) is 0 Å². The Morgan fingerprint density at radius 3 is 2.86 bits per heavy atom. The second-order valence-corrected chi connectivity index (χ2v) is 4.74. The van der Waals surface area contributed by atoms with Crippen LogP contribution in [0.3, 0.4) is 0 Å². The number of hydrogen-bond donors (Lipinski definition) is 0. The Kier molecular flexibility index (Phi) is 2.28. The van der Waals surface area contributed by atoms with E-state index < -0.39 is 0 Å². The number of fused-ring (bicyclic) bond motifs is 1. The maximum absolute atomic E-state index is 10.7. The van der Waals surface area contributed by atoms with Crippen molar-refractivity contribution in [3.63, 3.8) is 0 Å². The molecule has 0 spiro atoms. The minimum absolute atomic E-state index is 0.186. The molecular weight excluding hydrogens is 266 g/mol. The van der Waals surface area contributed by atoms with Crippen LogP contribution in [0.5, 0.6) is 0 Å². The molecule has 0 atom stereocenters. The Morgan fingerprint density at radius 2 is 2.21 bits per heavy atom. The summed E-state index contributed by atoms with van der Waals surface area (Å²) < 4.78 is 1.86. The van der Waals surface area contributed by atoms with E-state index >= 15 is 0 Å². The van der Waals surface area contributed by atoms with Crippen molar-refractivity contribution in [2.45, 2.75) is 6.92 Å². The Hall–Kier alpha value is -0.940. The summed E-state index contributed by atoms with van der Waals surface area (Å²) in [5, 5.41) is 13.0. The van der Waals surface area contributed by atoms with Gasteiger partial charge in [0.15, 0.2) is 0 Å². The van der Waals surface area contributed by atoms with E-state index in [1.54, 1.807) is 11.4 Å². The molecule has 0 aliphatic rings. The number of hydrogen-bond acceptors (Lipinski definition) is 3. The molecule has 0 N–H and O–H groups in total. The topological polar surface area (TPSA) is 43.1 Å². The van der Waals surface area contributed by atoms with Gasteiger partial charge in [-0.2, -0.15) is 0 Å². The highest BCUT2D eigenvalue weighted by molar-refractivity contribution is 9.10. The highest BCUT2D eigenvalue weighted by atomic mass is 79.9. The summed E-state index contributed by atoms with van der Waals surface area (Å²) >= 11 is 4.77. The molecule has 2 aromatic rings. The van der Waals surface area contributed by atoms with Crippen LogP contribution in [0.25, 0.3) is 10.1 Å². The number of aryl methyl sites for hydroxylation is 1. The second-order valence-electron chi connectivity index (χ2n) is 2.98. The van der Waals surface area contributed by atoms with Gasteiger partial charge < -0.3 is 0 Å². The van der Waals surface area contributed by atoms with Gasteiger partial charge in [-0.15, -0.1) is 11.3 Å². The molecule has 0 radical (unpaired) electrons. The molecule has 1 aromatic heterocycles. The number of rotatable bonds is 1. The van der Waals surface area contributed by atoms with Crippen LogP contribution < -0.4 is 0 Å². The molecule has 0 fully saturated rings. The highest BCUT2D eigenvalue weighted by Gasteiger charge is 2.14. The Labute approximate surface area is 92.6 Å². The van der Waals surface area contributed by atoms with E-state index in [9.17, 15) is 10.1 Å². The van der Waals surface area contributed by atoms with Gasteiger partial charge in [0.2, 0.25) is 0 Å². The average Bonchev–Trinajstić information content (AvgIpc) is 2.48. The summed E-state index contributed by atoms with van der Waals surface area (Å²) in [4.78, 5) is 10.3. The maximum Gasteiger partial charge on any atom is 0.287 e. The Balaban J connectivity index is 2.80. The third-order valence-corrected chi connectivity index (χ3v) is 3.82. The van der Waals surface area contributed by atoms with E-state index in [-0.39, 0.29) is 10.6 Å². The van der Waals surface area contributed by atoms with Crippen molar-refractivity contribution in [3.8, 4) is 0 Å². The fraction of sp³-hybridized carbons (Fsp3) is 0.111. The molecule has 0 amide bonds. The van der Waals surface area contributed by atoms with E-state index in [0.29, 0.717) is 5.39 Å². The summed E-state index contributed by atoms with van der Waals surface area (Å²) in [5.41, 5.74) is 1.28. The third kappa shape index (κ3) is 1.42. The van der Waals surface area contributed by atoms with Gasteiger partial charge >= 0.3 is 0 Å². The molecule has 0 aliphatic heterocycles. The van der Waals surface area contributed by atoms with Gasteiger partial charge in [0, 0.05) is 9.17 Å². The van der Waals surface area contributed by atoms with Crippen LogP contribution in [0.2, 0.25) is 0 Å². The first-order valence-electron chi connectivity index (χ1n) is 3.91. The fourth-order valence-corrected chi connectivity index (χ4v) is 2.61. The lowest BCUT2D eigenvalue weighted by Gasteiger charge is -1.97. The van der Waals surface area contributed by atoms with E-state index in [4.69, 9.17) is 0 Å². The van der Waals surface area contributed by atoms with E-state index in [1.165, 1.54) is 11.3 Å². The highest BCUT2D eigenvalue weighted by Crippen LogP contribution is 2.35. The molecule has 0 saturated heterocycles. The van der Waals surface area contributed by atoms with Crippen molar-refractivity contribution in [1.29, 1.82) is 0 Å². The van der Waals surface area contributed by atoms with E-state index in [2.05, 4.69) is 15.9 Å². The zero-order valence-electron chi connectivity index (χ0n) is 7.28. The van der Waals surface area contributed by atoms with Crippen LogP contribution in [-0.4, -0.2) is 4.92 Å². The number of halogens is 1. The van der Waals surface area contributed by atoms with Crippen molar-refractivity contribution >= 4 is 43.0 Å². The molecule has 0 saturated carbocycles. The average molecular weight is 272 g/mol. The fourth-order valence-electron chi connectivity index (χ4n) is 1.28. The summed E-state index contributed by atoms with van der Waals surface area (Å²) in [5.74, 6) is 0. The summed E-state index contributed by atoms with van der Waals surface area (Å²) in [6, 6.07) is 3.76. The van der Waals surface area contributed by atoms with Gasteiger partial charge in [0.25, 0.3) is 5.69 Å². The predicted octanol–water partition coefficient (Wildman–Crippen LogP) is 3.88. The molecule has 1 aromatic carbocycles. The van der Waals surface area contributed by atoms with Crippen molar-refractivity contribution in [2.75, 3.05) is 0 Å². The molecular formula is C9H6BrNO2S. The Morgan fingerprint density at radius 1 is 1.50 bits per heavy atom. The van der Waals surface area contributed by atoms with Crippen molar-refractivity contribution < 1.29 is 4.92 Å². The third-order valence-electron chi connectivity index (χ3n) is 2.03. The zero-order chi connectivity index (χ0) is 10.3. The van der Waals surface area contributed by atoms with Crippen LogP contribution >= 0.6 is 27.3 Å². The van der Waals surface area contributed by atoms with Crippen molar-refractivity contribution in [3.05, 3.63) is 37.7 Å². The Bertz CT molecular complexity index is 521. The van der Waals surface area contributed by atoms with Gasteiger partial charge in [-0.05, 0) is 24.6 Å². The zero-order valence-corrected chi connectivity index (χ0v) is 9.68. The van der Waals surface area contributed by atoms with Crippen LogP contribution in [0.1, 0.15) is 5.56 Å². The summed E-state index contributed by atoms with van der Waals surface area (Å²) in [6.45, 7) is 1.97. The van der Waals surface area contributed by atoms with Crippen molar-refractivity contribution in [2.24, 2.45) is 0 Å². The first-order valence-corrected chi connectivity index (χ1v) is 5.58. The predicted molar refractivity (Wildman–Crippen MR) is 60.9 cm³/mol. The number of nitro groups is 1. The number of thiophene rings is 1. The van der Waals surface area contributed by atoms with Gasteiger partial charge in [-0.1, -0.05) is 15.9 Å². The molecule has 0 unspecified atom stereocenters. The molecule has 1 heterocycles. The molecule has 2 rings (SSSR count). The van der Waals surface area contributed by atoms with Crippen LogP contribution in [-0.2, 0) is 0 Å². The van der Waals surface area contributed by atoms with Gasteiger partial charge in [0.1, 0.15) is 0 Å². The molecule has 72 valence electrons. The SMILES string of the molecule is Cc1cc2scc([N+](=O)[O-])c2cc1Br. The largest absolute Gasteiger partial charge is 0.287 e. The number of benzene rings is 1. The first-order chi connectivity index (χ1) is 6.59. The standard InChI is InChI=1S/C9H6BrNO2S/c1-5-2-9-6(3-7(5)10)8(4-14-9)11(12)13/h2-4H,1H3. The summed E-state index contributed by atoms with van der Waals surface area (Å²) in [6.07, 6.45) is 0. The summed E-state index contributed by atoms with van der Waals surface area (Å²) in [7, 11) is 0. The lowest BCUT2D eigenvalue weighted by Crippen LogP contribution is -1.85. The van der Waals surface area contributed by atoms with Crippen LogP contribution in [0, 0.1) is 17.0 Å². The lowest BCUT2D eigenvalue weighted by molar-refractivity contribution is -0.382. The lowest BCUT2D eigenvalue weighted by atomic mass is 10.2. The molecule has 5 heteroatoms.